The number of nitrogens with zero attached hydrogens (tertiary/aromatic N) is 4. The topological polar surface area (TPSA) is 111 Å². The number of halogens is 5. The number of aryl methyl sites for hydroxylation is 2. The molecule has 4 aromatic rings. The Balaban J connectivity index is 1.31. The zero-order valence-electron chi connectivity index (χ0n) is 29.6. The third-order valence-corrected chi connectivity index (χ3v) is 12.2. The summed E-state index contributed by atoms with van der Waals surface area (Å²) in [6, 6.07) is 20.8. The summed E-state index contributed by atoms with van der Waals surface area (Å²) in [5.41, 5.74) is 0.488. The zero-order valence-corrected chi connectivity index (χ0v) is 31.2. The van der Waals surface area contributed by atoms with E-state index in [0.29, 0.717) is 38.9 Å². The minimum Gasteiger partial charge on any atom is -0.507 e. The van der Waals surface area contributed by atoms with E-state index in [1.807, 2.05) is 24.3 Å². The first-order valence-electron chi connectivity index (χ1n) is 17.6. The number of hydrogen-bond acceptors (Lipinski definition) is 7. The molecule has 3 heterocycles. The number of imide groups is 2. The van der Waals surface area contributed by atoms with Crippen LogP contribution in [0.1, 0.15) is 46.7 Å². The smallest absolute Gasteiger partial charge is 0.433 e. The van der Waals surface area contributed by atoms with Gasteiger partial charge in [-0.15, -0.1) is 0 Å². The van der Waals surface area contributed by atoms with Crippen molar-refractivity contribution in [2.75, 3.05) is 17.0 Å². The predicted octanol–water partition coefficient (Wildman–Crippen LogP) is 7.94. The molecule has 14 heteroatoms. The van der Waals surface area contributed by atoms with Gasteiger partial charge < -0.3 is 5.11 Å². The van der Waals surface area contributed by atoms with Gasteiger partial charge in [-0.2, -0.15) is 18.2 Å². The number of benzene rings is 3. The number of anilines is 2. The Morgan fingerprint density at radius 1 is 0.873 bits per heavy atom. The molecule has 3 fully saturated rings. The lowest BCUT2D eigenvalue weighted by Gasteiger charge is -2.51. The molecule has 1 N–H and O–H groups in total. The van der Waals surface area contributed by atoms with Crippen LogP contribution in [0.4, 0.5) is 24.7 Å². The highest BCUT2D eigenvalue weighted by molar-refractivity contribution is 6.33. The van der Waals surface area contributed by atoms with E-state index >= 15 is 4.79 Å². The van der Waals surface area contributed by atoms with Crippen LogP contribution in [0.5, 0.6) is 5.75 Å². The van der Waals surface area contributed by atoms with Crippen molar-refractivity contribution in [1.29, 1.82) is 0 Å². The number of phenols is 1. The summed E-state index contributed by atoms with van der Waals surface area (Å²) in [6.45, 7) is 3.48. The quantitative estimate of drug-likeness (QED) is 0.162. The van der Waals surface area contributed by atoms with Crippen molar-refractivity contribution in [3.8, 4) is 5.75 Å². The van der Waals surface area contributed by atoms with Crippen molar-refractivity contribution in [2.45, 2.75) is 44.2 Å². The number of carbonyl (C=O) groups excluding carboxylic acids is 4. The Morgan fingerprint density at radius 3 is 2.22 bits per heavy atom. The molecular weight excluding hydrogens is 756 g/mol. The lowest BCUT2D eigenvalue weighted by Crippen LogP contribution is -2.53. The van der Waals surface area contributed by atoms with Gasteiger partial charge in [-0.1, -0.05) is 83.4 Å². The second kappa shape index (κ2) is 12.9. The van der Waals surface area contributed by atoms with Crippen LogP contribution in [0.2, 0.25) is 10.0 Å². The molecule has 4 amide bonds. The van der Waals surface area contributed by atoms with E-state index in [9.17, 15) is 32.7 Å². The Morgan fingerprint density at radius 2 is 1.56 bits per heavy atom. The summed E-state index contributed by atoms with van der Waals surface area (Å²) in [6.07, 6.45) is -2.85. The minimum absolute atomic E-state index is 0.00915. The third-order valence-electron chi connectivity index (χ3n) is 11.7. The average Bonchev–Trinajstić information content (AvgIpc) is 3.54. The number of hydrogen-bond donors (Lipinski definition) is 1. The first-order valence-corrected chi connectivity index (χ1v) is 18.4. The van der Waals surface area contributed by atoms with Gasteiger partial charge in [0.25, 0.3) is 11.8 Å². The number of rotatable bonds is 5. The van der Waals surface area contributed by atoms with Crippen molar-refractivity contribution in [3.63, 3.8) is 0 Å². The number of pyridine rings is 1. The van der Waals surface area contributed by atoms with Crippen LogP contribution in [-0.4, -0.2) is 45.8 Å². The molecule has 2 aliphatic heterocycles. The summed E-state index contributed by atoms with van der Waals surface area (Å²) in [7, 11) is 1.25. The highest BCUT2D eigenvalue weighted by atomic mass is 35.5. The molecule has 0 radical (unpaired) electrons. The summed E-state index contributed by atoms with van der Waals surface area (Å²) in [5, 5.41) is 12.7. The highest BCUT2D eigenvalue weighted by Crippen LogP contribution is 2.64. The number of amides is 4. The van der Waals surface area contributed by atoms with Crippen LogP contribution in [0.3, 0.4) is 0 Å². The summed E-state index contributed by atoms with van der Waals surface area (Å²) in [4.78, 5) is 64.0. The van der Waals surface area contributed by atoms with E-state index in [2.05, 4.69) is 4.98 Å². The molecule has 0 bridgehead atoms. The van der Waals surface area contributed by atoms with Gasteiger partial charge in [0.2, 0.25) is 11.8 Å². The van der Waals surface area contributed by atoms with Gasteiger partial charge in [-0.25, -0.2) is 9.88 Å². The molecule has 4 aliphatic rings. The molecule has 1 saturated carbocycles. The Kier molecular flexibility index (Phi) is 8.65. The molecule has 2 aliphatic carbocycles. The van der Waals surface area contributed by atoms with E-state index < -0.39 is 76.3 Å². The number of allylic oxidation sites excluding steroid dienone is 2. The van der Waals surface area contributed by atoms with Gasteiger partial charge in [-0.3, -0.25) is 24.2 Å². The standard InChI is InChI=1S/C41H33Cl2F3N4O5/c1-20-16-22(17-21(2)34(20)51)33-26-12-13-27-32(38(54)50(36(27)52)48(3)35-30(43)14-15-31(47-35)41(44,45)46)28(26)19-29-37(53)49(25-11-7-10-24(42)18-25)39(55)40(29,33)23-8-5-4-6-9-23/h4-12,14-18,27-29,32-33,51H,13,19H2,1-3H3/t27-,28+,29-,32-,33-,40+/m0/s1. The second-order valence-corrected chi connectivity index (χ2v) is 15.5. The highest BCUT2D eigenvalue weighted by Gasteiger charge is 2.70. The van der Waals surface area contributed by atoms with E-state index in [1.54, 1.807) is 62.4 Å². The number of aromatic hydroxyl groups is 1. The fourth-order valence-electron chi connectivity index (χ4n) is 9.46. The van der Waals surface area contributed by atoms with Crippen molar-refractivity contribution in [3.05, 3.63) is 129 Å². The maximum atomic E-state index is 15.4. The summed E-state index contributed by atoms with van der Waals surface area (Å²) in [5.74, 6) is -7.23. The fourth-order valence-corrected chi connectivity index (χ4v) is 9.88. The normalized spacial score (nSPS) is 26.2. The van der Waals surface area contributed by atoms with Crippen LogP contribution < -0.4 is 9.91 Å². The number of carbonyl (C=O) groups is 4. The molecule has 1 aromatic heterocycles. The van der Waals surface area contributed by atoms with Crippen molar-refractivity contribution in [2.24, 2.45) is 23.7 Å². The van der Waals surface area contributed by atoms with Crippen LogP contribution in [0.15, 0.2) is 90.5 Å². The van der Waals surface area contributed by atoms with Gasteiger partial charge in [0, 0.05) is 18.0 Å². The SMILES string of the molecule is Cc1cc([C@H]2C3=CC[C@@H]4C(=O)N(N(C)c5nc(C(F)(F)F)ccc5Cl)C(=O)[C@@H]4[C@@H]3C[C@H]3C(=O)N(c4cccc(Cl)c4)C(=O)[C@@]23c2ccccc2)cc(C)c1O. The molecule has 282 valence electrons. The number of alkyl halides is 3. The number of phenolic OH excluding ortho intramolecular Hbond substituents is 1. The molecule has 6 atom stereocenters. The lowest BCUT2D eigenvalue weighted by molar-refractivity contribution is -0.141. The first-order chi connectivity index (χ1) is 26.1. The van der Waals surface area contributed by atoms with E-state index in [-0.39, 0.29) is 29.3 Å². The van der Waals surface area contributed by atoms with E-state index in [1.165, 1.54) is 7.05 Å². The van der Waals surface area contributed by atoms with Crippen molar-refractivity contribution in [1.82, 2.24) is 9.99 Å². The molecule has 3 aromatic carbocycles. The molecule has 0 spiro atoms. The first kappa shape index (κ1) is 36.8. The monoisotopic (exact) mass is 788 g/mol. The predicted molar refractivity (Wildman–Crippen MR) is 198 cm³/mol. The Hall–Kier alpha value is -5.20. The molecule has 8 rings (SSSR count). The fraction of sp³-hybridized carbons (Fsp3) is 0.293. The Bertz CT molecular complexity index is 2330. The number of aromatic nitrogens is 1. The van der Waals surface area contributed by atoms with Gasteiger partial charge in [0.15, 0.2) is 5.82 Å². The Labute approximate surface area is 323 Å². The van der Waals surface area contributed by atoms with Gasteiger partial charge >= 0.3 is 6.18 Å². The third kappa shape index (κ3) is 5.39. The number of hydrazine groups is 1. The van der Waals surface area contributed by atoms with Gasteiger partial charge in [-0.05, 0) is 85.2 Å². The van der Waals surface area contributed by atoms with Crippen LogP contribution in [0, 0.1) is 37.5 Å². The van der Waals surface area contributed by atoms with Crippen molar-refractivity contribution >= 4 is 58.3 Å². The zero-order chi connectivity index (χ0) is 39.3. The molecule has 0 unspecified atom stereocenters. The maximum absolute atomic E-state index is 15.4. The maximum Gasteiger partial charge on any atom is 0.433 e. The van der Waals surface area contributed by atoms with Crippen LogP contribution in [-0.2, 0) is 30.8 Å². The second-order valence-electron chi connectivity index (χ2n) is 14.6. The molecule has 9 nitrogen and oxygen atoms in total. The minimum atomic E-state index is -4.82. The van der Waals surface area contributed by atoms with E-state index in [4.69, 9.17) is 23.2 Å². The van der Waals surface area contributed by atoms with Crippen LogP contribution >= 0.6 is 23.2 Å². The summed E-state index contributed by atoms with van der Waals surface area (Å²) >= 11 is 12.7. The largest absolute Gasteiger partial charge is 0.507 e. The molecule has 55 heavy (non-hydrogen) atoms. The molecule has 2 saturated heterocycles. The van der Waals surface area contributed by atoms with Crippen LogP contribution in [0.25, 0.3) is 0 Å². The van der Waals surface area contributed by atoms with Crippen molar-refractivity contribution < 1.29 is 37.5 Å². The average molecular weight is 790 g/mol. The summed E-state index contributed by atoms with van der Waals surface area (Å²) < 4.78 is 41.1. The lowest BCUT2D eigenvalue weighted by atomic mass is 9.49. The van der Waals surface area contributed by atoms with Gasteiger partial charge in [0.05, 0.1) is 33.9 Å². The van der Waals surface area contributed by atoms with E-state index in [0.717, 1.165) is 21.0 Å². The number of fused-ring (bicyclic) bond motifs is 4. The van der Waals surface area contributed by atoms with Gasteiger partial charge in [0.1, 0.15) is 11.4 Å². The molecular formula is C41H33Cl2F3N4O5.